The van der Waals surface area contributed by atoms with E-state index in [1.807, 2.05) is 0 Å². The molecule has 11 rings (SSSR count). The number of esters is 3. The minimum atomic E-state index is -3.87. The smallest absolute Gasteiger partial charge is 0.352 e. The SMILES string of the molecule is CNS(=O)(=O)c1nc2ccc(Oc3c(Br)cc(CC(F)C(=O)OC(=O)C(F)C(OC(=O)C(F)Cc4cc(Br)c(Oc5ccc6nc(-c7cocn7)[nH]c6c5)c(Br)c4)c4cc(Br)c(Oc5ccc6nc(-c7ncco7)[nH]c6c5)c(Br)c4)cc3Br)cc2[nH]1. The topological polar surface area (TPSA) is 282 Å². The Bertz CT molecular complexity index is 4490. The number of fused-ring (bicyclic) bond motifs is 3. The minimum Gasteiger partial charge on any atom is -0.455 e. The zero-order valence-electron chi connectivity index (χ0n) is 43.1. The second-order valence-corrected chi connectivity index (χ2v) is 25.3. The number of rotatable bonds is 20. The molecule has 5 aromatic heterocycles. The van der Waals surface area contributed by atoms with Gasteiger partial charge in [-0.25, -0.2) is 65.6 Å². The molecule has 86 heavy (non-hydrogen) atoms. The molecule has 4 unspecified atom stereocenters. The third-order valence-electron chi connectivity index (χ3n) is 12.6. The van der Waals surface area contributed by atoms with E-state index in [4.69, 9.17) is 32.5 Å². The van der Waals surface area contributed by atoms with E-state index in [2.05, 4.69) is 140 Å². The molecule has 4 N–H and O–H groups in total. The number of sulfonamides is 1. The molecular formula is C55H34Br6F3N9O12S. The van der Waals surface area contributed by atoms with Gasteiger partial charge in [0.15, 0.2) is 41.4 Å². The van der Waals surface area contributed by atoms with Gasteiger partial charge in [0.1, 0.15) is 35.5 Å². The minimum absolute atomic E-state index is 0.118. The van der Waals surface area contributed by atoms with Gasteiger partial charge in [-0.15, -0.1) is 0 Å². The maximum Gasteiger partial charge on any atom is 0.352 e. The Hall–Kier alpha value is -7.26. The fourth-order valence-corrected chi connectivity index (χ4v) is 13.4. The summed E-state index contributed by atoms with van der Waals surface area (Å²) in [5.41, 5.74) is 3.74. The second kappa shape index (κ2) is 25.2. The Labute approximate surface area is 532 Å². The third-order valence-corrected chi connectivity index (χ3v) is 17.3. The number of hydrogen-bond donors (Lipinski definition) is 4. The molecule has 21 nitrogen and oxygen atoms in total. The number of carbonyl (C=O) groups is 3. The zero-order chi connectivity index (χ0) is 60.7. The van der Waals surface area contributed by atoms with Gasteiger partial charge in [-0.1, -0.05) is 0 Å². The number of ether oxygens (including phenoxy) is 5. The van der Waals surface area contributed by atoms with Gasteiger partial charge in [0, 0.05) is 31.0 Å². The van der Waals surface area contributed by atoms with Gasteiger partial charge in [-0.2, -0.15) is 0 Å². The number of alkyl halides is 3. The van der Waals surface area contributed by atoms with Crippen LogP contribution in [0, 0.1) is 0 Å². The molecule has 0 aliphatic heterocycles. The van der Waals surface area contributed by atoms with E-state index in [0.717, 1.165) is 0 Å². The molecule has 0 spiro atoms. The summed E-state index contributed by atoms with van der Waals surface area (Å²) < 4.78 is 116. The van der Waals surface area contributed by atoms with Crippen molar-refractivity contribution in [3.8, 4) is 57.7 Å². The number of H-pyrrole nitrogens is 3. The average Bonchev–Trinajstić information content (AvgIpc) is 4.48. The van der Waals surface area contributed by atoms with E-state index >= 15 is 13.2 Å². The van der Waals surface area contributed by atoms with Crippen LogP contribution in [0.4, 0.5) is 13.2 Å². The van der Waals surface area contributed by atoms with Gasteiger partial charge in [0.25, 0.3) is 15.9 Å². The molecule has 6 aromatic carbocycles. The lowest BCUT2D eigenvalue weighted by atomic mass is 10.0. The highest BCUT2D eigenvalue weighted by Crippen LogP contribution is 2.44. The molecule has 0 bridgehead atoms. The monoisotopic (exact) mass is 1570 g/mol. The summed E-state index contributed by atoms with van der Waals surface area (Å²) in [4.78, 5) is 70.9. The normalized spacial score (nSPS) is 13.2. The lowest BCUT2D eigenvalue weighted by molar-refractivity contribution is -0.174. The summed E-state index contributed by atoms with van der Waals surface area (Å²) >= 11 is 20.5. The molecule has 0 amide bonds. The zero-order valence-corrected chi connectivity index (χ0v) is 53.5. The van der Waals surface area contributed by atoms with Gasteiger partial charge in [-0.3, -0.25) is 0 Å². The summed E-state index contributed by atoms with van der Waals surface area (Å²) in [6, 6.07) is 23.0. The maximum atomic E-state index is 16.8. The number of carbonyl (C=O) groups excluding carboxylic acids is 3. The highest BCUT2D eigenvalue weighted by Gasteiger charge is 2.39. The molecule has 0 aliphatic rings. The highest BCUT2D eigenvalue weighted by atomic mass is 79.9. The summed E-state index contributed by atoms with van der Waals surface area (Å²) in [5.74, 6) is -2.69. The van der Waals surface area contributed by atoms with Crippen molar-refractivity contribution in [3.05, 3.63) is 160 Å². The van der Waals surface area contributed by atoms with Crippen LogP contribution in [0.15, 0.2) is 157 Å². The van der Waals surface area contributed by atoms with E-state index in [0.29, 0.717) is 76.6 Å². The van der Waals surface area contributed by atoms with Crippen molar-refractivity contribution in [2.75, 3.05) is 7.05 Å². The van der Waals surface area contributed by atoms with Crippen LogP contribution in [-0.4, -0.2) is 91.8 Å². The number of nitrogens with one attached hydrogen (secondary N) is 4. The van der Waals surface area contributed by atoms with Crippen LogP contribution in [-0.2, 0) is 46.7 Å². The predicted octanol–water partition coefficient (Wildman–Crippen LogP) is 14.6. The number of hydrogen-bond acceptors (Lipinski definition) is 17. The number of oxazole rings is 2. The van der Waals surface area contributed by atoms with Gasteiger partial charge < -0.3 is 47.5 Å². The van der Waals surface area contributed by atoms with Crippen LogP contribution < -0.4 is 18.9 Å². The highest BCUT2D eigenvalue weighted by molar-refractivity contribution is 9.12. The Morgan fingerprint density at radius 1 is 0.605 bits per heavy atom. The van der Waals surface area contributed by atoms with Crippen molar-refractivity contribution in [1.82, 2.24) is 44.6 Å². The number of benzene rings is 6. The lowest BCUT2D eigenvalue weighted by Crippen LogP contribution is -2.35. The van der Waals surface area contributed by atoms with Crippen molar-refractivity contribution >= 4 is 157 Å². The van der Waals surface area contributed by atoms with Crippen LogP contribution in [0.5, 0.6) is 34.5 Å². The van der Waals surface area contributed by atoms with Crippen molar-refractivity contribution in [2.45, 2.75) is 42.6 Å². The number of aromatic nitrogens is 8. The number of halogens is 9. The first-order valence-electron chi connectivity index (χ1n) is 24.7. The van der Waals surface area contributed by atoms with Crippen LogP contribution >= 0.6 is 95.6 Å². The van der Waals surface area contributed by atoms with Crippen molar-refractivity contribution in [1.29, 1.82) is 0 Å². The van der Waals surface area contributed by atoms with E-state index < -0.39 is 65.4 Å². The van der Waals surface area contributed by atoms with Crippen LogP contribution in [0.25, 0.3) is 56.3 Å². The Morgan fingerprint density at radius 3 is 1.57 bits per heavy atom. The fraction of sp³-hybridized carbons (Fsp3) is 0.127. The van der Waals surface area contributed by atoms with Crippen molar-refractivity contribution in [2.24, 2.45) is 0 Å². The fourth-order valence-electron chi connectivity index (χ4n) is 8.52. The maximum absolute atomic E-state index is 16.8. The summed E-state index contributed by atoms with van der Waals surface area (Å²) in [5, 5.41) is -0.304. The second-order valence-electron chi connectivity index (χ2n) is 18.4. The van der Waals surface area contributed by atoms with Gasteiger partial charge in [-0.05, 0) is 192 Å². The van der Waals surface area contributed by atoms with E-state index in [-0.39, 0.29) is 62.9 Å². The molecule has 0 aliphatic carbocycles. The van der Waals surface area contributed by atoms with Gasteiger partial charge in [0.05, 0.1) is 66.1 Å². The number of imidazole rings is 3. The Kier molecular flexibility index (Phi) is 17.7. The molecule has 5 heterocycles. The molecule has 11 aromatic rings. The molecule has 0 saturated carbocycles. The van der Waals surface area contributed by atoms with Crippen molar-refractivity contribution in [3.63, 3.8) is 0 Å². The first-order valence-corrected chi connectivity index (χ1v) is 31.0. The standard InChI is InChI=1S/C55H34Br6F3N9O12S/c1-65-86(77,78)55-72-39-7-4-28(20-42(39)73-55)82-47-31(58)12-24(13-32(47)59)15-36(63)53(75)85-54(76)44(64)45(25-16-33(60)48(34(61)17-25)83-27-3-6-38-41(19-27)71-50(69-38)51-66-8-9-80-51)84-52(74)35(62)14-23-10-29(56)46(30(57)11-23)81-26-2-5-37-40(18-26)70-49(68-37)43-21-79-22-67-43/h2-13,16-22,35-36,44-45,65H,14-15H2,1H3,(H,68,70)(H,69,71)(H,72,73). The van der Waals surface area contributed by atoms with Gasteiger partial charge in [0.2, 0.25) is 23.7 Å². The quantitative estimate of drug-likeness (QED) is 0.0407. The van der Waals surface area contributed by atoms with E-state index in [1.54, 1.807) is 36.4 Å². The van der Waals surface area contributed by atoms with Gasteiger partial charge >= 0.3 is 17.9 Å². The number of aromatic amines is 3. The molecule has 0 saturated heterocycles. The summed E-state index contributed by atoms with van der Waals surface area (Å²) in [6.07, 6.45) is -6.10. The third kappa shape index (κ3) is 13.2. The van der Waals surface area contributed by atoms with E-state index in [1.165, 1.54) is 86.8 Å². The largest absolute Gasteiger partial charge is 0.455 e. The molecule has 4 atom stereocenters. The van der Waals surface area contributed by atoms with Crippen LogP contribution in [0.2, 0.25) is 0 Å². The first-order chi connectivity index (χ1) is 41.2. The molecular weight excluding hydrogens is 1550 g/mol. The molecule has 440 valence electrons. The molecule has 0 fully saturated rings. The van der Waals surface area contributed by atoms with Crippen LogP contribution in [0.3, 0.4) is 0 Å². The van der Waals surface area contributed by atoms with Crippen LogP contribution in [0.1, 0.15) is 22.8 Å². The summed E-state index contributed by atoms with van der Waals surface area (Å²) in [6.45, 7) is 0. The average molecular weight is 1580 g/mol. The summed E-state index contributed by atoms with van der Waals surface area (Å²) in [7, 11) is -2.63. The molecule has 0 radical (unpaired) electrons. The lowest BCUT2D eigenvalue weighted by Gasteiger charge is -2.23. The Morgan fingerprint density at radius 2 is 1.08 bits per heavy atom. The van der Waals surface area contributed by atoms with Crippen molar-refractivity contribution < 1.29 is 68.5 Å². The number of nitrogens with zero attached hydrogens (tertiary/aromatic N) is 5. The first kappa shape index (κ1) is 60.4. The predicted molar refractivity (Wildman–Crippen MR) is 323 cm³/mol. The Balaban J connectivity index is 0.795. The van der Waals surface area contributed by atoms with E-state index in [9.17, 15) is 22.8 Å². The molecule has 31 heteroatoms.